The van der Waals surface area contributed by atoms with Crippen LogP contribution < -0.4 is 11.1 Å². The smallest absolute Gasteiger partial charge is 0.224 e. The topological polar surface area (TPSA) is 55.1 Å². The molecule has 0 radical (unpaired) electrons. The van der Waals surface area contributed by atoms with Gasteiger partial charge < -0.3 is 11.1 Å². The second kappa shape index (κ2) is 6.55. The lowest BCUT2D eigenvalue weighted by Gasteiger charge is -2.33. The highest BCUT2D eigenvalue weighted by atomic mass is 35.5. The molecule has 0 atom stereocenters. The van der Waals surface area contributed by atoms with E-state index in [0.717, 1.165) is 25.7 Å². The molecular weight excluding hydrogens is 279 g/mol. The molecule has 110 valence electrons. The van der Waals surface area contributed by atoms with E-state index in [9.17, 15) is 9.18 Å². The average Bonchev–Trinajstić information content (AvgIpc) is 2.42. The molecule has 1 aromatic rings. The zero-order valence-corrected chi connectivity index (χ0v) is 12.2. The Balaban J connectivity index is 1.89. The molecule has 1 saturated carbocycles. The number of halogens is 2. The summed E-state index contributed by atoms with van der Waals surface area (Å²) in [5, 5.41) is 3.08. The minimum atomic E-state index is -0.451. The molecule has 1 aromatic carbocycles. The maximum absolute atomic E-state index is 13.6. The first-order chi connectivity index (χ1) is 9.50. The molecule has 0 aliphatic heterocycles. The van der Waals surface area contributed by atoms with Gasteiger partial charge >= 0.3 is 0 Å². The van der Waals surface area contributed by atoms with Crippen LogP contribution in [0, 0.1) is 5.82 Å². The quantitative estimate of drug-likeness (QED) is 0.898. The third-order valence-electron chi connectivity index (χ3n) is 3.89. The first kappa shape index (κ1) is 15.3. The van der Waals surface area contributed by atoms with Gasteiger partial charge in [-0.1, -0.05) is 36.9 Å². The molecule has 0 unspecified atom stereocenters. The van der Waals surface area contributed by atoms with Gasteiger partial charge in [0.25, 0.3) is 0 Å². The van der Waals surface area contributed by atoms with Crippen molar-refractivity contribution in [2.75, 3.05) is 6.54 Å². The van der Waals surface area contributed by atoms with Gasteiger partial charge in [-0.2, -0.15) is 0 Å². The van der Waals surface area contributed by atoms with Crippen LogP contribution >= 0.6 is 11.6 Å². The van der Waals surface area contributed by atoms with Gasteiger partial charge in [-0.25, -0.2) is 4.39 Å². The summed E-state index contributed by atoms with van der Waals surface area (Å²) >= 11 is 5.91. The van der Waals surface area contributed by atoms with Crippen LogP contribution in [-0.2, 0) is 11.2 Å². The van der Waals surface area contributed by atoms with E-state index in [0.29, 0.717) is 6.54 Å². The van der Waals surface area contributed by atoms with Crippen LogP contribution in [0.4, 0.5) is 4.39 Å². The predicted octanol–water partition coefficient (Wildman–Crippen LogP) is 2.80. The summed E-state index contributed by atoms with van der Waals surface area (Å²) in [6, 6.07) is 4.41. The van der Waals surface area contributed by atoms with E-state index in [-0.39, 0.29) is 28.5 Å². The highest BCUT2D eigenvalue weighted by Gasteiger charge is 2.27. The molecule has 0 aromatic heterocycles. The summed E-state index contributed by atoms with van der Waals surface area (Å²) in [5.74, 6) is -0.694. The summed E-state index contributed by atoms with van der Waals surface area (Å²) < 4.78 is 13.6. The molecule has 1 aliphatic rings. The van der Waals surface area contributed by atoms with E-state index < -0.39 is 5.82 Å². The summed E-state index contributed by atoms with van der Waals surface area (Å²) in [6.07, 6.45) is 5.21. The molecule has 1 aliphatic carbocycles. The Bertz CT molecular complexity index is 467. The maximum atomic E-state index is 13.6. The zero-order chi connectivity index (χ0) is 14.6. The molecule has 3 nitrogen and oxygen atoms in total. The number of carbonyl (C=O) groups excluding carboxylic acids is 1. The number of rotatable bonds is 4. The molecule has 0 spiro atoms. The summed E-state index contributed by atoms with van der Waals surface area (Å²) in [6.45, 7) is 0.442. The minimum Gasteiger partial charge on any atom is -0.354 e. The SMILES string of the molecule is NC1(CNC(=O)Cc2c(F)cccc2Cl)CCCCC1. The molecule has 0 bridgehead atoms. The number of benzene rings is 1. The van der Waals surface area contributed by atoms with Crippen molar-refractivity contribution in [3.05, 3.63) is 34.6 Å². The molecule has 5 heteroatoms. The molecule has 3 N–H and O–H groups in total. The van der Waals surface area contributed by atoms with Gasteiger partial charge in [-0.05, 0) is 25.0 Å². The van der Waals surface area contributed by atoms with Crippen molar-refractivity contribution in [2.24, 2.45) is 5.73 Å². The number of carbonyl (C=O) groups is 1. The molecule has 0 saturated heterocycles. The van der Waals surface area contributed by atoms with E-state index in [1.165, 1.54) is 18.6 Å². The number of nitrogens with one attached hydrogen (secondary N) is 1. The Labute approximate surface area is 123 Å². The van der Waals surface area contributed by atoms with Gasteiger partial charge in [0.1, 0.15) is 5.82 Å². The van der Waals surface area contributed by atoms with Crippen LogP contribution in [0.2, 0.25) is 5.02 Å². The van der Waals surface area contributed by atoms with Crippen LogP contribution in [0.5, 0.6) is 0 Å². The van der Waals surface area contributed by atoms with Crippen molar-refractivity contribution in [2.45, 2.75) is 44.1 Å². The van der Waals surface area contributed by atoms with Gasteiger partial charge in [0.15, 0.2) is 0 Å². The number of nitrogens with two attached hydrogens (primary N) is 1. The van der Waals surface area contributed by atoms with Crippen molar-refractivity contribution in [1.29, 1.82) is 0 Å². The lowest BCUT2D eigenvalue weighted by atomic mass is 9.82. The third kappa shape index (κ3) is 3.93. The molecule has 1 amide bonds. The van der Waals surface area contributed by atoms with Crippen molar-refractivity contribution in [3.63, 3.8) is 0 Å². The Kier molecular flexibility index (Phi) is 5.00. The fourth-order valence-corrected chi connectivity index (χ4v) is 2.86. The monoisotopic (exact) mass is 298 g/mol. The van der Waals surface area contributed by atoms with Crippen LogP contribution in [0.3, 0.4) is 0 Å². The highest BCUT2D eigenvalue weighted by Crippen LogP contribution is 2.25. The Morgan fingerprint density at radius 1 is 1.35 bits per heavy atom. The molecule has 20 heavy (non-hydrogen) atoms. The molecule has 0 heterocycles. The lowest BCUT2D eigenvalue weighted by Crippen LogP contribution is -2.51. The Morgan fingerprint density at radius 2 is 2.05 bits per heavy atom. The second-order valence-corrected chi connectivity index (χ2v) is 5.98. The van der Waals surface area contributed by atoms with Crippen LogP contribution in [0.15, 0.2) is 18.2 Å². The lowest BCUT2D eigenvalue weighted by molar-refractivity contribution is -0.120. The fraction of sp³-hybridized carbons (Fsp3) is 0.533. The summed E-state index contributed by atoms with van der Waals surface area (Å²) in [7, 11) is 0. The van der Waals surface area contributed by atoms with Gasteiger partial charge in [-0.15, -0.1) is 0 Å². The minimum absolute atomic E-state index is 0.0540. The fourth-order valence-electron chi connectivity index (χ4n) is 2.63. The Hall–Kier alpha value is -1.13. The standard InChI is InChI=1S/C15H20ClFN2O/c16-12-5-4-6-13(17)11(12)9-14(20)19-10-15(18)7-2-1-3-8-15/h4-6H,1-3,7-10,18H2,(H,19,20). The predicted molar refractivity (Wildman–Crippen MR) is 78.1 cm³/mol. The number of hydrogen-bond donors (Lipinski definition) is 2. The van der Waals surface area contributed by atoms with E-state index in [4.69, 9.17) is 17.3 Å². The van der Waals surface area contributed by atoms with Gasteiger partial charge in [0, 0.05) is 22.7 Å². The summed E-state index contributed by atoms with van der Waals surface area (Å²) in [5.41, 5.74) is 6.17. The molecule has 2 rings (SSSR count). The van der Waals surface area contributed by atoms with E-state index >= 15 is 0 Å². The van der Waals surface area contributed by atoms with Crippen LogP contribution in [0.1, 0.15) is 37.7 Å². The maximum Gasteiger partial charge on any atom is 0.224 e. The first-order valence-electron chi connectivity index (χ1n) is 6.99. The first-order valence-corrected chi connectivity index (χ1v) is 7.36. The van der Waals surface area contributed by atoms with Crippen LogP contribution in [-0.4, -0.2) is 18.0 Å². The van der Waals surface area contributed by atoms with E-state index in [1.807, 2.05) is 0 Å². The molecular formula is C15H20ClFN2O. The van der Waals surface area contributed by atoms with Crippen molar-refractivity contribution in [1.82, 2.24) is 5.32 Å². The number of hydrogen-bond acceptors (Lipinski definition) is 2. The van der Waals surface area contributed by atoms with Gasteiger partial charge in [0.05, 0.1) is 6.42 Å². The van der Waals surface area contributed by atoms with E-state index in [2.05, 4.69) is 5.32 Å². The largest absolute Gasteiger partial charge is 0.354 e. The van der Waals surface area contributed by atoms with Gasteiger partial charge in [0.2, 0.25) is 5.91 Å². The third-order valence-corrected chi connectivity index (χ3v) is 4.24. The van der Waals surface area contributed by atoms with Gasteiger partial charge in [-0.3, -0.25) is 4.79 Å². The average molecular weight is 299 g/mol. The zero-order valence-electron chi connectivity index (χ0n) is 11.4. The van der Waals surface area contributed by atoms with Crippen molar-refractivity contribution >= 4 is 17.5 Å². The summed E-state index contributed by atoms with van der Waals surface area (Å²) in [4.78, 5) is 11.9. The number of amides is 1. The Morgan fingerprint density at radius 3 is 2.70 bits per heavy atom. The normalized spacial score (nSPS) is 17.8. The molecule has 1 fully saturated rings. The van der Waals surface area contributed by atoms with Crippen LogP contribution in [0.25, 0.3) is 0 Å². The van der Waals surface area contributed by atoms with Crippen molar-refractivity contribution in [3.8, 4) is 0 Å². The highest BCUT2D eigenvalue weighted by molar-refractivity contribution is 6.31. The second-order valence-electron chi connectivity index (χ2n) is 5.58. The van der Waals surface area contributed by atoms with E-state index in [1.54, 1.807) is 6.07 Å². The van der Waals surface area contributed by atoms with Crippen molar-refractivity contribution < 1.29 is 9.18 Å².